The van der Waals surface area contributed by atoms with Gasteiger partial charge in [0.25, 0.3) is 0 Å². The molecular formula is C21H23N3O2. The summed E-state index contributed by atoms with van der Waals surface area (Å²) in [5.41, 5.74) is 3.10. The number of hydrogen-bond donors (Lipinski definition) is 0. The summed E-state index contributed by atoms with van der Waals surface area (Å²) in [5, 5.41) is 0. The van der Waals surface area contributed by atoms with Crippen molar-refractivity contribution >= 4 is 11.9 Å². The molecule has 4 rings (SSSR count). The highest BCUT2D eigenvalue weighted by Crippen LogP contribution is 2.32. The lowest BCUT2D eigenvalue weighted by Crippen LogP contribution is -2.33. The van der Waals surface area contributed by atoms with Gasteiger partial charge in [0, 0.05) is 30.8 Å². The van der Waals surface area contributed by atoms with E-state index in [9.17, 15) is 4.79 Å². The third-order valence-electron chi connectivity index (χ3n) is 4.96. The Hall–Kier alpha value is -2.82. The van der Waals surface area contributed by atoms with Crippen LogP contribution in [-0.4, -0.2) is 40.4 Å². The molecule has 5 nitrogen and oxygen atoms in total. The van der Waals surface area contributed by atoms with Crippen LogP contribution in [0.1, 0.15) is 31.5 Å². The minimum absolute atomic E-state index is 0.257. The first kappa shape index (κ1) is 16.6. The Morgan fingerprint density at radius 3 is 3.04 bits per heavy atom. The van der Waals surface area contributed by atoms with Crippen molar-refractivity contribution in [1.82, 2.24) is 14.3 Å². The number of piperidine rings is 1. The summed E-state index contributed by atoms with van der Waals surface area (Å²) < 4.78 is 7.82. The summed E-state index contributed by atoms with van der Waals surface area (Å²) in [6, 6.07) is 14.2. The van der Waals surface area contributed by atoms with Gasteiger partial charge >= 0.3 is 0 Å². The number of aromatic nitrogens is 2. The Morgan fingerprint density at radius 1 is 1.27 bits per heavy atom. The molecule has 1 fully saturated rings. The van der Waals surface area contributed by atoms with E-state index in [-0.39, 0.29) is 5.92 Å². The van der Waals surface area contributed by atoms with E-state index >= 15 is 0 Å². The minimum atomic E-state index is 0.257. The normalized spacial score (nSPS) is 17.4. The zero-order chi connectivity index (χ0) is 17.9. The monoisotopic (exact) mass is 349 g/mol. The molecule has 1 aliphatic rings. The van der Waals surface area contributed by atoms with Gasteiger partial charge in [0.1, 0.15) is 11.6 Å². The standard InChI is InChI=1S/C21H23N3O2/c1-2-26-18-9-5-7-16(13-18)20-19-10-3-4-12-24(19)21(22-20)17-8-6-11-23(14-17)15-25/h3-5,7,9-10,12-13,15,17H,2,6,8,11,14H2,1H3. The average molecular weight is 349 g/mol. The Kier molecular flexibility index (Phi) is 4.61. The highest BCUT2D eigenvalue weighted by atomic mass is 16.5. The summed E-state index contributed by atoms with van der Waals surface area (Å²) in [6.07, 6.45) is 5.08. The van der Waals surface area contributed by atoms with E-state index in [0.29, 0.717) is 6.61 Å². The number of imidazole rings is 1. The molecule has 134 valence electrons. The maximum absolute atomic E-state index is 11.2. The average Bonchev–Trinajstić information content (AvgIpc) is 3.08. The second-order valence-electron chi connectivity index (χ2n) is 6.67. The van der Waals surface area contributed by atoms with Gasteiger partial charge in [-0.3, -0.25) is 4.79 Å². The predicted molar refractivity (Wildman–Crippen MR) is 101 cm³/mol. The second-order valence-corrected chi connectivity index (χ2v) is 6.67. The molecule has 1 unspecified atom stereocenters. The van der Waals surface area contributed by atoms with Crippen LogP contribution in [0.15, 0.2) is 48.7 Å². The molecule has 1 aliphatic heterocycles. The van der Waals surface area contributed by atoms with Gasteiger partial charge in [-0.05, 0) is 44.0 Å². The smallest absolute Gasteiger partial charge is 0.209 e. The number of likely N-dealkylation sites (tertiary alicyclic amines) is 1. The van der Waals surface area contributed by atoms with Crippen molar-refractivity contribution in [3.63, 3.8) is 0 Å². The molecular weight excluding hydrogens is 326 g/mol. The molecule has 0 N–H and O–H groups in total. The summed E-state index contributed by atoms with van der Waals surface area (Å²) in [6.45, 7) is 4.20. The van der Waals surface area contributed by atoms with Crippen LogP contribution in [0.4, 0.5) is 0 Å². The molecule has 0 bridgehead atoms. The molecule has 5 heteroatoms. The van der Waals surface area contributed by atoms with Gasteiger partial charge in [0.2, 0.25) is 6.41 Å². The largest absolute Gasteiger partial charge is 0.494 e. The Labute approximate surface area is 153 Å². The van der Waals surface area contributed by atoms with Crippen LogP contribution in [-0.2, 0) is 4.79 Å². The topological polar surface area (TPSA) is 46.8 Å². The zero-order valence-electron chi connectivity index (χ0n) is 15.0. The van der Waals surface area contributed by atoms with Crippen LogP contribution in [0.25, 0.3) is 16.8 Å². The Balaban J connectivity index is 1.79. The predicted octanol–water partition coefficient (Wildman–Crippen LogP) is 3.74. The number of carbonyl (C=O) groups is 1. The SMILES string of the molecule is CCOc1cccc(-c2nc(C3CCCN(C=O)C3)n3ccccc23)c1. The van der Waals surface area contributed by atoms with Crippen LogP contribution >= 0.6 is 0 Å². The van der Waals surface area contributed by atoms with Gasteiger partial charge in [-0.25, -0.2) is 4.98 Å². The fourth-order valence-corrected chi connectivity index (χ4v) is 3.77. The number of carbonyl (C=O) groups excluding carboxylic acids is 1. The molecule has 26 heavy (non-hydrogen) atoms. The molecule has 2 aromatic heterocycles. The molecule has 0 aliphatic carbocycles. The van der Waals surface area contributed by atoms with Crippen LogP contribution < -0.4 is 4.74 Å². The van der Waals surface area contributed by atoms with Crippen molar-refractivity contribution in [3.8, 4) is 17.0 Å². The second kappa shape index (κ2) is 7.20. The van der Waals surface area contributed by atoms with Crippen molar-refractivity contribution in [2.45, 2.75) is 25.7 Å². The van der Waals surface area contributed by atoms with Gasteiger partial charge in [-0.1, -0.05) is 18.2 Å². The van der Waals surface area contributed by atoms with E-state index < -0.39 is 0 Å². The molecule has 0 saturated carbocycles. The molecule has 0 spiro atoms. The number of hydrogen-bond acceptors (Lipinski definition) is 3. The van der Waals surface area contributed by atoms with Crippen molar-refractivity contribution in [3.05, 3.63) is 54.5 Å². The first-order valence-corrected chi connectivity index (χ1v) is 9.19. The first-order valence-electron chi connectivity index (χ1n) is 9.19. The summed E-state index contributed by atoms with van der Waals surface area (Å²) in [7, 11) is 0. The minimum Gasteiger partial charge on any atom is -0.494 e. The number of fused-ring (bicyclic) bond motifs is 1. The Bertz CT molecular complexity index is 919. The fraction of sp³-hybridized carbons (Fsp3) is 0.333. The fourth-order valence-electron chi connectivity index (χ4n) is 3.77. The number of ether oxygens (including phenoxy) is 1. The van der Waals surface area contributed by atoms with Crippen LogP contribution in [0.3, 0.4) is 0 Å². The third-order valence-corrected chi connectivity index (χ3v) is 4.96. The van der Waals surface area contributed by atoms with Gasteiger partial charge < -0.3 is 14.0 Å². The molecule has 1 atom stereocenters. The molecule has 1 amide bonds. The molecule has 0 radical (unpaired) electrons. The summed E-state index contributed by atoms with van der Waals surface area (Å²) >= 11 is 0. The van der Waals surface area contributed by atoms with E-state index in [1.54, 1.807) is 0 Å². The highest BCUT2D eigenvalue weighted by Gasteiger charge is 2.25. The van der Waals surface area contributed by atoms with Crippen molar-refractivity contribution in [2.24, 2.45) is 0 Å². The lowest BCUT2D eigenvalue weighted by Gasteiger charge is -2.29. The van der Waals surface area contributed by atoms with E-state index in [2.05, 4.69) is 22.7 Å². The van der Waals surface area contributed by atoms with Crippen molar-refractivity contribution in [1.29, 1.82) is 0 Å². The molecule has 3 heterocycles. The van der Waals surface area contributed by atoms with Gasteiger partial charge in [-0.15, -0.1) is 0 Å². The van der Waals surface area contributed by atoms with Crippen LogP contribution in [0, 0.1) is 0 Å². The van der Waals surface area contributed by atoms with E-state index in [4.69, 9.17) is 9.72 Å². The molecule has 3 aromatic rings. The zero-order valence-corrected chi connectivity index (χ0v) is 15.0. The number of amides is 1. The van der Waals surface area contributed by atoms with E-state index in [1.165, 1.54) is 0 Å². The first-order chi connectivity index (χ1) is 12.8. The summed E-state index contributed by atoms with van der Waals surface area (Å²) in [5.74, 6) is 2.14. The van der Waals surface area contributed by atoms with E-state index in [1.807, 2.05) is 42.2 Å². The van der Waals surface area contributed by atoms with Crippen molar-refractivity contribution < 1.29 is 9.53 Å². The lowest BCUT2D eigenvalue weighted by atomic mass is 9.97. The Morgan fingerprint density at radius 2 is 2.19 bits per heavy atom. The number of pyridine rings is 1. The number of nitrogens with zero attached hydrogens (tertiary/aromatic N) is 3. The van der Waals surface area contributed by atoms with Gasteiger partial charge in [0.05, 0.1) is 17.8 Å². The maximum atomic E-state index is 11.2. The maximum Gasteiger partial charge on any atom is 0.209 e. The van der Waals surface area contributed by atoms with Crippen LogP contribution in [0.5, 0.6) is 5.75 Å². The highest BCUT2D eigenvalue weighted by molar-refractivity contribution is 5.78. The van der Waals surface area contributed by atoms with Crippen LogP contribution in [0.2, 0.25) is 0 Å². The van der Waals surface area contributed by atoms with Gasteiger partial charge in [-0.2, -0.15) is 0 Å². The summed E-state index contributed by atoms with van der Waals surface area (Å²) in [4.78, 5) is 18.1. The van der Waals surface area contributed by atoms with Crippen molar-refractivity contribution in [2.75, 3.05) is 19.7 Å². The number of rotatable bonds is 5. The number of benzene rings is 1. The quantitative estimate of drug-likeness (QED) is 0.659. The lowest BCUT2D eigenvalue weighted by molar-refractivity contribution is -0.119. The van der Waals surface area contributed by atoms with Gasteiger partial charge in [0.15, 0.2) is 0 Å². The molecule has 1 aromatic carbocycles. The third kappa shape index (κ3) is 3.05. The molecule has 1 saturated heterocycles. The van der Waals surface area contributed by atoms with E-state index in [0.717, 1.165) is 60.7 Å².